The Kier molecular flexibility index (Phi) is 4.15. The fourth-order valence-corrected chi connectivity index (χ4v) is 1.50. The van der Waals surface area contributed by atoms with E-state index >= 15 is 0 Å². The van der Waals surface area contributed by atoms with Crippen LogP contribution in [-0.4, -0.2) is 27.8 Å². The number of rotatable bonds is 6. The first-order valence-corrected chi connectivity index (χ1v) is 5.37. The zero-order chi connectivity index (χ0) is 11.3. The maximum Gasteiger partial charge on any atom is 0.202 e. The van der Waals surface area contributed by atoms with Crippen molar-refractivity contribution in [3.8, 4) is 0 Å². The van der Waals surface area contributed by atoms with Crippen molar-refractivity contribution < 1.29 is 5.11 Å². The monoisotopic (exact) mass is 211 g/mol. The fourth-order valence-electron chi connectivity index (χ4n) is 1.50. The van der Waals surface area contributed by atoms with E-state index in [0.29, 0.717) is 0 Å². The lowest BCUT2D eigenvalue weighted by Gasteiger charge is -2.24. The van der Waals surface area contributed by atoms with Crippen LogP contribution in [0.3, 0.4) is 0 Å². The summed E-state index contributed by atoms with van der Waals surface area (Å²) in [7, 11) is 1.97. The molecule has 0 bridgehead atoms. The van der Waals surface area contributed by atoms with Crippen LogP contribution in [0.15, 0.2) is 12.4 Å². The van der Waals surface area contributed by atoms with Crippen LogP contribution >= 0.6 is 0 Å². The minimum absolute atomic E-state index is 0.189. The molecule has 0 radical (unpaired) electrons. The summed E-state index contributed by atoms with van der Waals surface area (Å²) >= 11 is 0. The Morgan fingerprint density at radius 3 is 2.80 bits per heavy atom. The van der Waals surface area contributed by atoms with Crippen molar-refractivity contribution in [3.05, 3.63) is 12.4 Å². The van der Waals surface area contributed by atoms with Crippen LogP contribution in [0.4, 0.5) is 5.95 Å². The summed E-state index contributed by atoms with van der Waals surface area (Å²) in [6.07, 6.45) is 5.57. The molecule has 86 valence electrons. The average molecular weight is 211 g/mol. The van der Waals surface area contributed by atoms with Gasteiger partial charge >= 0.3 is 0 Å². The third-order valence-corrected chi connectivity index (χ3v) is 2.56. The van der Waals surface area contributed by atoms with Gasteiger partial charge in [-0.25, -0.2) is 4.98 Å². The van der Waals surface area contributed by atoms with Crippen molar-refractivity contribution in [2.24, 2.45) is 12.5 Å². The molecule has 15 heavy (non-hydrogen) atoms. The minimum Gasteiger partial charge on any atom is -0.396 e. The van der Waals surface area contributed by atoms with E-state index in [2.05, 4.69) is 24.1 Å². The van der Waals surface area contributed by atoms with Crippen molar-refractivity contribution in [1.82, 2.24) is 9.55 Å². The molecule has 0 aliphatic heterocycles. The summed E-state index contributed by atoms with van der Waals surface area (Å²) < 4.78 is 1.96. The van der Waals surface area contributed by atoms with E-state index in [1.807, 2.05) is 17.8 Å². The quantitative estimate of drug-likeness (QED) is 0.752. The number of nitrogens with one attached hydrogen (secondary N) is 1. The van der Waals surface area contributed by atoms with Crippen molar-refractivity contribution in [3.63, 3.8) is 0 Å². The van der Waals surface area contributed by atoms with Crippen LogP contribution in [0.25, 0.3) is 0 Å². The number of aliphatic hydroxyl groups excluding tert-OH is 1. The highest BCUT2D eigenvalue weighted by molar-refractivity contribution is 5.25. The Bertz CT molecular complexity index is 294. The summed E-state index contributed by atoms with van der Waals surface area (Å²) in [6.45, 7) is 5.53. The van der Waals surface area contributed by atoms with Crippen LogP contribution in [0.1, 0.15) is 26.7 Å². The van der Waals surface area contributed by atoms with Gasteiger partial charge in [0.05, 0.1) is 0 Å². The van der Waals surface area contributed by atoms with Crippen molar-refractivity contribution in [2.75, 3.05) is 18.5 Å². The van der Waals surface area contributed by atoms with Crippen LogP contribution in [0.2, 0.25) is 0 Å². The first kappa shape index (κ1) is 12.0. The van der Waals surface area contributed by atoms with E-state index in [1.54, 1.807) is 6.20 Å². The fraction of sp³-hybridized carbons (Fsp3) is 0.727. The molecule has 0 amide bonds. The van der Waals surface area contributed by atoms with E-state index in [-0.39, 0.29) is 12.0 Å². The lowest BCUT2D eigenvalue weighted by molar-refractivity contribution is 0.247. The highest BCUT2D eigenvalue weighted by Gasteiger charge is 2.17. The van der Waals surface area contributed by atoms with Gasteiger partial charge < -0.3 is 15.0 Å². The Balaban J connectivity index is 2.39. The van der Waals surface area contributed by atoms with Gasteiger partial charge in [-0.05, 0) is 18.3 Å². The molecule has 1 rings (SSSR count). The molecule has 0 saturated carbocycles. The van der Waals surface area contributed by atoms with Crippen LogP contribution < -0.4 is 5.32 Å². The summed E-state index contributed by atoms with van der Waals surface area (Å²) in [6, 6.07) is 0. The summed E-state index contributed by atoms with van der Waals surface area (Å²) in [5.41, 5.74) is 0.189. The number of hydrogen-bond donors (Lipinski definition) is 2. The lowest BCUT2D eigenvalue weighted by Crippen LogP contribution is -2.24. The standard InChI is InChI=1S/C11H21N3O/c1-11(2,5-4-8-15)9-13-10-12-6-7-14(10)3/h6-7,15H,4-5,8-9H2,1-3H3,(H,12,13). The number of aliphatic hydroxyl groups is 1. The molecular formula is C11H21N3O. The van der Waals surface area contributed by atoms with Gasteiger partial charge in [0.1, 0.15) is 0 Å². The van der Waals surface area contributed by atoms with Gasteiger partial charge in [0.2, 0.25) is 5.95 Å². The van der Waals surface area contributed by atoms with E-state index in [0.717, 1.165) is 25.3 Å². The van der Waals surface area contributed by atoms with Gasteiger partial charge in [0.25, 0.3) is 0 Å². The summed E-state index contributed by atoms with van der Waals surface area (Å²) in [5, 5.41) is 12.1. The van der Waals surface area contributed by atoms with Crippen molar-refractivity contribution in [2.45, 2.75) is 26.7 Å². The summed E-state index contributed by atoms with van der Waals surface area (Å²) in [4.78, 5) is 4.20. The maximum atomic E-state index is 8.79. The van der Waals surface area contributed by atoms with E-state index < -0.39 is 0 Å². The van der Waals surface area contributed by atoms with Gasteiger partial charge in [-0.1, -0.05) is 13.8 Å². The third-order valence-electron chi connectivity index (χ3n) is 2.56. The molecule has 0 saturated heterocycles. The Morgan fingerprint density at radius 2 is 2.27 bits per heavy atom. The molecule has 0 unspecified atom stereocenters. The third kappa shape index (κ3) is 3.91. The van der Waals surface area contributed by atoms with E-state index in [4.69, 9.17) is 5.11 Å². The van der Waals surface area contributed by atoms with Gasteiger partial charge in [0.15, 0.2) is 0 Å². The normalized spacial score (nSPS) is 11.7. The SMILES string of the molecule is Cn1ccnc1NCC(C)(C)CCCO. The second-order valence-electron chi connectivity index (χ2n) is 4.71. The number of hydrogen-bond acceptors (Lipinski definition) is 3. The number of aromatic nitrogens is 2. The summed E-state index contributed by atoms with van der Waals surface area (Å²) in [5.74, 6) is 0.895. The predicted molar refractivity (Wildman–Crippen MR) is 61.8 cm³/mol. The second kappa shape index (κ2) is 5.16. The van der Waals surface area contributed by atoms with Crippen molar-refractivity contribution in [1.29, 1.82) is 0 Å². The Morgan fingerprint density at radius 1 is 1.53 bits per heavy atom. The lowest BCUT2D eigenvalue weighted by atomic mass is 9.88. The smallest absolute Gasteiger partial charge is 0.202 e. The first-order valence-electron chi connectivity index (χ1n) is 5.37. The molecule has 0 aliphatic rings. The number of anilines is 1. The first-order chi connectivity index (χ1) is 7.05. The molecule has 2 N–H and O–H groups in total. The van der Waals surface area contributed by atoms with Crippen LogP contribution in [0, 0.1) is 5.41 Å². The van der Waals surface area contributed by atoms with Gasteiger partial charge in [-0.3, -0.25) is 0 Å². The molecular weight excluding hydrogens is 190 g/mol. The molecule has 1 heterocycles. The van der Waals surface area contributed by atoms with Crippen molar-refractivity contribution >= 4 is 5.95 Å². The number of imidazole rings is 1. The topological polar surface area (TPSA) is 50.1 Å². The maximum absolute atomic E-state index is 8.79. The molecule has 1 aromatic rings. The zero-order valence-corrected chi connectivity index (χ0v) is 9.82. The minimum atomic E-state index is 0.189. The van der Waals surface area contributed by atoms with Gasteiger partial charge in [0, 0.05) is 32.6 Å². The molecule has 1 aromatic heterocycles. The van der Waals surface area contributed by atoms with E-state index in [9.17, 15) is 0 Å². The molecule has 4 nitrogen and oxygen atoms in total. The molecule has 4 heteroatoms. The largest absolute Gasteiger partial charge is 0.396 e. The highest BCUT2D eigenvalue weighted by atomic mass is 16.2. The molecule has 0 aromatic carbocycles. The molecule has 0 aliphatic carbocycles. The second-order valence-corrected chi connectivity index (χ2v) is 4.71. The molecule has 0 fully saturated rings. The van der Waals surface area contributed by atoms with Crippen LogP contribution in [-0.2, 0) is 7.05 Å². The molecule has 0 atom stereocenters. The van der Waals surface area contributed by atoms with Gasteiger partial charge in [-0.15, -0.1) is 0 Å². The van der Waals surface area contributed by atoms with Crippen LogP contribution in [0.5, 0.6) is 0 Å². The Labute approximate surface area is 91.3 Å². The predicted octanol–water partition coefficient (Wildman–Crippen LogP) is 1.63. The van der Waals surface area contributed by atoms with Gasteiger partial charge in [-0.2, -0.15) is 0 Å². The average Bonchev–Trinajstić information content (AvgIpc) is 2.58. The zero-order valence-electron chi connectivity index (χ0n) is 9.82. The molecule has 0 spiro atoms. The highest BCUT2D eigenvalue weighted by Crippen LogP contribution is 2.22. The number of aryl methyl sites for hydroxylation is 1. The Hall–Kier alpha value is -1.03. The number of nitrogens with zero attached hydrogens (tertiary/aromatic N) is 2. The van der Waals surface area contributed by atoms with E-state index in [1.165, 1.54) is 0 Å².